The molecule has 6 rings (SSSR count). The second-order valence-corrected chi connectivity index (χ2v) is 10.5. The number of hydrogen-bond acceptors (Lipinski definition) is 4. The van der Waals surface area contributed by atoms with Gasteiger partial charge in [-0.05, 0) is 70.1 Å². The van der Waals surface area contributed by atoms with Crippen molar-refractivity contribution in [2.24, 2.45) is 0 Å². The van der Waals surface area contributed by atoms with E-state index in [1.807, 2.05) is 26.1 Å². The van der Waals surface area contributed by atoms with Gasteiger partial charge in [0.2, 0.25) is 5.91 Å². The van der Waals surface area contributed by atoms with Gasteiger partial charge in [-0.1, -0.05) is 18.2 Å². The highest BCUT2D eigenvalue weighted by Crippen LogP contribution is 2.50. The summed E-state index contributed by atoms with van der Waals surface area (Å²) in [5.41, 5.74) is 3.42. The van der Waals surface area contributed by atoms with Crippen molar-refractivity contribution >= 4 is 22.6 Å². The number of carbonyl (C=O) groups is 1. The van der Waals surface area contributed by atoms with E-state index in [4.69, 9.17) is 9.72 Å². The van der Waals surface area contributed by atoms with E-state index in [1.165, 1.54) is 0 Å². The van der Waals surface area contributed by atoms with Gasteiger partial charge in [-0.2, -0.15) is 5.26 Å². The van der Waals surface area contributed by atoms with E-state index in [0.717, 1.165) is 71.9 Å². The van der Waals surface area contributed by atoms with Crippen LogP contribution in [0.5, 0.6) is 0 Å². The average Bonchev–Trinajstić information content (AvgIpc) is 3.30. The molecule has 0 N–H and O–H groups in total. The molecule has 1 atom stereocenters. The van der Waals surface area contributed by atoms with Crippen LogP contribution in [0, 0.1) is 11.3 Å². The smallest absolute Gasteiger partial charge is 0.240 e. The molecule has 0 spiro atoms. The first-order chi connectivity index (χ1) is 16.5. The zero-order valence-corrected chi connectivity index (χ0v) is 19.9. The van der Waals surface area contributed by atoms with Crippen molar-refractivity contribution in [3.63, 3.8) is 0 Å². The first-order valence-corrected chi connectivity index (χ1v) is 12.4. The third kappa shape index (κ3) is 2.89. The summed E-state index contributed by atoms with van der Waals surface area (Å²) in [6, 6.07) is 12.9. The molecule has 4 heterocycles. The van der Waals surface area contributed by atoms with E-state index in [0.29, 0.717) is 13.0 Å². The fraction of sp³-hybridized carbons (Fsp3) is 0.464. The monoisotopic (exact) mass is 454 g/mol. The number of anilines is 1. The Hall–Kier alpha value is -3.17. The Morgan fingerprint density at radius 2 is 1.97 bits per heavy atom. The molecule has 0 bridgehead atoms. The Kier molecular flexibility index (Phi) is 4.82. The molecular formula is C28H30N4O2. The minimum atomic E-state index is -0.705. The molecule has 2 aliphatic heterocycles. The van der Waals surface area contributed by atoms with E-state index < -0.39 is 5.41 Å². The predicted molar refractivity (Wildman–Crippen MR) is 131 cm³/mol. The molecule has 1 aliphatic carbocycles. The molecule has 2 aromatic heterocycles. The lowest BCUT2D eigenvalue weighted by molar-refractivity contribution is -0.125. The summed E-state index contributed by atoms with van der Waals surface area (Å²) in [5, 5.41) is 10.7. The van der Waals surface area contributed by atoms with Crippen LogP contribution in [0.15, 0.2) is 42.7 Å². The number of ether oxygens (including phenoxy) is 1. The van der Waals surface area contributed by atoms with E-state index >= 15 is 0 Å². The van der Waals surface area contributed by atoms with Gasteiger partial charge in [0.15, 0.2) is 0 Å². The Morgan fingerprint density at radius 1 is 1.15 bits per heavy atom. The quantitative estimate of drug-likeness (QED) is 0.511. The Labute approximate surface area is 200 Å². The molecule has 3 aromatic rings. The first kappa shape index (κ1) is 21.4. The molecule has 1 unspecified atom stereocenters. The van der Waals surface area contributed by atoms with Crippen LogP contribution >= 0.6 is 0 Å². The molecule has 1 saturated heterocycles. The Morgan fingerprint density at radius 3 is 2.68 bits per heavy atom. The molecule has 6 heteroatoms. The molecule has 2 fully saturated rings. The number of nitrogens with zero attached hydrogens (tertiary/aromatic N) is 4. The van der Waals surface area contributed by atoms with Gasteiger partial charge in [0, 0.05) is 41.0 Å². The zero-order valence-electron chi connectivity index (χ0n) is 19.9. The second-order valence-electron chi connectivity index (χ2n) is 10.5. The van der Waals surface area contributed by atoms with Gasteiger partial charge in [0.25, 0.3) is 0 Å². The number of aromatic nitrogens is 2. The van der Waals surface area contributed by atoms with Gasteiger partial charge in [-0.3, -0.25) is 9.69 Å². The van der Waals surface area contributed by atoms with Crippen LogP contribution in [0.4, 0.5) is 5.82 Å². The molecule has 1 amide bonds. The maximum absolute atomic E-state index is 13.7. The predicted octanol–water partition coefficient (Wildman–Crippen LogP) is 5.65. The van der Waals surface area contributed by atoms with Gasteiger partial charge in [0.1, 0.15) is 12.0 Å². The van der Waals surface area contributed by atoms with Gasteiger partial charge in [0.05, 0.1) is 23.4 Å². The standard InChI is InChI=1S/C28H30N4O2/c1-27(2)24-20(11-16-30-25(24)32(26(27)33)23-10-5-6-17-34-23)21-18-31(22-9-4-3-8-19(21)22)28(14-15-29)12-7-13-28/h3-4,8-9,11,16,18,23H,5-7,10,12-14,17H2,1-2H3. The summed E-state index contributed by atoms with van der Waals surface area (Å²) in [7, 11) is 0. The number of rotatable bonds is 4. The highest BCUT2D eigenvalue weighted by atomic mass is 16.5. The number of pyridine rings is 1. The highest BCUT2D eigenvalue weighted by Gasteiger charge is 2.50. The van der Waals surface area contributed by atoms with Gasteiger partial charge in [-0.25, -0.2) is 4.98 Å². The maximum atomic E-state index is 13.7. The normalized spacial score (nSPS) is 22.9. The van der Waals surface area contributed by atoms with Crippen LogP contribution < -0.4 is 4.90 Å². The summed E-state index contributed by atoms with van der Waals surface area (Å²) in [6.07, 6.45) is 10.4. The summed E-state index contributed by atoms with van der Waals surface area (Å²) in [5.74, 6) is 0.782. The van der Waals surface area contributed by atoms with Crippen molar-refractivity contribution in [2.75, 3.05) is 11.5 Å². The number of amides is 1. The van der Waals surface area contributed by atoms with Crippen molar-refractivity contribution < 1.29 is 9.53 Å². The number of benzene rings is 1. The number of para-hydroxylation sites is 1. The minimum Gasteiger partial charge on any atom is -0.358 e. The van der Waals surface area contributed by atoms with Crippen LogP contribution in [0.3, 0.4) is 0 Å². The van der Waals surface area contributed by atoms with E-state index in [9.17, 15) is 10.1 Å². The summed E-state index contributed by atoms with van der Waals surface area (Å²) in [6.45, 7) is 4.69. The number of fused-ring (bicyclic) bond motifs is 2. The highest BCUT2D eigenvalue weighted by molar-refractivity contribution is 6.10. The van der Waals surface area contributed by atoms with Crippen LogP contribution in [0.25, 0.3) is 22.0 Å². The largest absolute Gasteiger partial charge is 0.358 e. The minimum absolute atomic E-state index is 0.0537. The van der Waals surface area contributed by atoms with Crippen molar-refractivity contribution in [1.82, 2.24) is 9.55 Å². The van der Waals surface area contributed by atoms with E-state index in [1.54, 1.807) is 4.90 Å². The van der Waals surface area contributed by atoms with E-state index in [-0.39, 0.29) is 17.7 Å². The molecule has 174 valence electrons. The Bertz CT molecular complexity index is 1320. The molecule has 0 radical (unpaired) electrons. The molecule has 34 heavy (non-hydrogen) atoms. The summed E-state index contributed by atoms with van der Waals surface area (Å²) >= 11 is 0. The average molecular weight is 455 g/mol. The van der Waals surface area contributed by atoms with Crippen molar-refractivity contribution in [1.29, 1.82) is 5.26 Å². The molecular weight excluding hydrogens is 424 g/mol. The third-order valence-corrected chi connectivity index (χ3v) is 8.19. The molecule has 1 saturated carbocycles. The van der Waals surface area contributed by atoms with Gasteiger partial charge < -0.3 is 9.30 Å². The number of carbonyl (C=O) groups excluding carboxylic acids is 1. The SMILES string of the molecule is CC1(C)C(=O)N(C2CCCCO2)c2nccc(-c3cn(C4(CC#N)CCC4)c4ccccc34)c21. The lowest BCUT2D eigenvalue weighted by Crippen LogP contribution is -2.45. The van der Waals surface area contributed by atoms with Crippen LogP contribution in [-0.2, 0) is 20.5 Å². The second kappa shape index (κ2) is 7.68. The van der Waals surface area contributed by atoms with Crippen LogP contribution in [-0.4, -0.2) is 28.3 Å². The lowest BCUT2D eigenvalue weighted by Gasteiger charge is -2.42. The lowest BCUT2D eigenvalue weighted by atomic mass is 9.74. The molecule has 3 aliphatic rings. The van der Waals surface area contributed by atoms with Crippen molar-refractivity contribution in [3.8, 4) is 17.2 Å². The zero-order chi connectivity index (χ0) is 23.5. The maximum Gasteiger partial charge on any atom is 0.240 e. The number of hydrogen-bond donors (Lipinski definition) is 0. The summed E-state index contributed by atoms with van der Waals surface area (Å²) < 4.78 is 8.36. The first-order valence-electron chi connectivity index (χ1n) is 12.4. The van der Waals surface area contributed by atoms with Crippen LogP contribution in [0.1, 0.15) is 64.4 Å². The number of nitriles is 1. The van der Waals surface area contributed by atoms with E-state index in [2.05, 4.69) is 41.1 Å². The molecule has 6 nitrogen and oxygen atoms in total. The third-order valence-electron chi connectivity index (χ3n) is 8.19. The Balaban J connectivity index is 1.56. The van der Waals surface area contributed by atoms with Crippen LogP contribution in [0.2, 0.25) is 0 Å². The van der Waals surface area contributed by atoms with Crippen molar-refractivity contribution in [2.45, 2.75) is 76.0 Å². The fourth-order valence-electron chi connectivity index (χ4n) is 6.19. The summed E-state index contributed by atoms with van der Waals surface area (Å²) in [4.78, 5) is 20.2. The van der Waals surface area contributed by atoms with Crippen molar-refractivity contribution in [3.05, 3.63) is 48.3 Å². The molecule has 1 aromatic carbocycles. The van der Waals surface area contributed by atoms with Gasteiger partial charge >= 0.3 is 0 Å². The topological polar surface area (TPSA) is 71.2 Å². The fourth-order valence-corrected chi connectivity index (χ4v) is 6.19. The van der Waals surface area contributed by atoms with Gasteiger partial charge in [-0.15, -0.1) is 0 Å².